The number of aliphatic hydroxyl groups excluding tert-OH is 1. The first kappa shape index (κ1) is 18.0. The fourth-order valence-electron chi connectivity index (χ4n) is 2.50. The van der Waals surface area contributed by atoms with E-state index in [0.717, 1.165) is 17.7 Å². The summed E-state index contributed by atoms with van der Waals surface area (Å²) in [7, 11) is 1.56. The van der Waals surface area contributed by atoms with Gasteiger partial charge in [0, 0.05) is 11.3 Å². The molecule has 2 rings (SSSR count). The first-order valence-electron chi connectivity index (χ1n) is 7.66. The average Bonchev–Trinajstić information content (AvgIpc) is 2.59. The van der Waals surface area contributed by atoms with Crippen molar-refractivity contribution in [2.75, 3.05) is 12.4 Å². The molecule has 24 heavy (non-hydrogen) atoms. The normalized spacial score (nSPS) is 12.1. The molecule has 0 aromatic heterocycles. The van der Waals surface area contributed by atoms with Gasteiger partial charge in [-0.25, -0.2) is 0 Å². The van der Waals surface area contributed by atoms with Crippen molar-refractivity contribution in [3.63, 3.8) is 0 Å². The molecule has 0 spiro atoms. The molecule has 0 aliphatic heterocycles. The molecule has 0 saturated carbocycles. The number of anilines is 1. The van der Waals surface area contributed by atoms with E-state index >= 15 is 0 Å². The van der Waals surface area contributed by atoms with E-state index in [9.17, 15) is 13.9 Å². The number of nitrogens with one attached hydrogen (secondary N) is 1. The van der Waals surface area contributed by atoms with Crippen molar-refractivity contribution in [3.05, 3.63) is 53.6 Å². The lowest BCUT2D eigenvalue weighted by Crippen LogP contribution is -2.10. The number of rotatable bonds is 8. The summed E-state index contributed by atoms with van der Waals surface area (Å²) in [6.07, 6.45) is 0.801. The lowest BCUT2D eigenvalue weighted by molar-refractivity contribution is -0.0498. The zero-order chi connectivity index (χ0) is 17.5. The molecule has 0 bridgehead atoms. The Labute approximate surface area is 140 Å². The van der Waals surface area contributed by atoms with E-state index in [1.807, 2.05) is 19.1 Å². The maximum absolute atomic E-state index is 12.2. The fraction of sp³-hybridized carbons (Fsp3) is 0.333. The van der Waals surface area contributed by atoms with Crippen LogP contribution in [0, 0.1) is 0 Å². The lowest BCUT2D eigenvalue weighted by Gasteiger charge is -2.20. The molecule has 0 heterocycles. The van der Waals surface area contributed by atoms with Gasteiger partial charge in [0.2, 0.25) is 0 Å². The van der Waals surface area contributed by atoms with Crippen LogP contribution in [0.4, 0.5) is 14.5 Å². The molecule has 0 aliphatic rings. The Morgan fingerprint density at radius 1 is 1.12 bits per heavy atom. The third-order valence-electron chi connectivity index (χ3n) is 3.71. The third kappa shape index (κ3) is 4.58. The Morgan fingerprint density at radius 2 is 1.83 bits per heavy atom. The van der Waals surface area contributed by atoms with E-state index in [0.29, 0.717) is 11.3 Å². The predicted molar refractivity (Wildman–Crippen MR) is 88.6 cm³/mol. The topological polar surface area (TPSA) is 50.7 Å². The fourth-order valence-corrected chi connectivity index (χ4v) is 2.50. The van der Waals surface area contributed by atoms with E-state index in [4.69, 9.17) is 4.74 Å². The molecule has 130 valence electrons. The van der Waals surface area contributed by atoms with Crippen LogP contribution in [0.3, 0.4) is 0 Å². The number of hydrogen-bond acceptors (Lipinski definition) is 4. The number of aliphatic hydroxyl groups is 1. The Hall–Kier alpha value is -2.34. The van der Waals surface area contributed by atoms with Gasteiger partial charge in [-0.1, -0.05) is 19.1 Å². The summed E-state index contributed by atoms with van der Waals surface area (Å²) < 4.78 is 34.0. The summed E-state index contributed by atoms with van der Waals surface area (Å²) in [6, 6.07) is 12.1. The van der Waals surface area contributed by atoms with Gasteiger partial charge >= 0.3 is 6.61 Å². The number of ether oxygens (including phenoxy) is 2. The molecule has 6 heteroatoms. The molecule has 0 aliphatic carbocycles. The number of alkyl halides is 2. The smallest absolute Gasteiger partial charge is 0.387 e. The van der Waals surface area contributed by atoms with Crippen molar-refractivity contribution in [1.82, 2.24) is 0 Å². The van der Waals surface area contributed by atoms with Crippen molar-refractivity contribution in [2.24, 2.45) is 0 Å². The Bertz CT molecular complexity index is 647. The van der Waals surface area contributed by atoms with Crippen LogP contribution in [0.25, 0.3) is 0 Å². The second-order valence-electron chi connectivity index (χ2n) is 5.24. The second-order valence-corrected chi connectivity index (χ2v) is 5.24. The first-order chi connectivity index (χ1) is 11.6. The van der Waals surface area contributed by atoms with Gasteiger partial charge in [-0.15, -0.1) is 0 Å². The summed E-state index contributed by atoms with van der Waals surface area (Å²) in [5.41, 5.74) is 2.50. The van der Waals surface area contributed by atoms with Gasteiger partial charge in [-0.05, 0) is 42.3 Å². The maximum Gasteiger partial charge on any atom is 0.387 e. The van der Waals surface area contributed by atoms with Gasteiger partial charge < -0.3 is 19.9 Å². The summed E-state index contributed by atoms with van der Waals surface area (Å²) in [4.78, 5) is 0. The molecule has 0 amide bonds. The van der Waals surface area contributed by atoms with Crippen LogP contribution in [0.1, 0.15) is 30.5 Å². The molecule has 2 N–H and O–H groups in total. The highest BCUT2D eigenvalue weighted by Gasteiger charge is 2.12. The third-order valence-corrected chi connectivity index (χ3v) is 3.71. The Morgan fingerprint density at radius 3 is 2.38 bits per heavy atom. The van der Waals surface area contributed by atoms with Crippen molar-refractivity contribution < 1.29 is 23.4 Å². The van der Waals surface area contributed by atoms with Crippen LogP contribution >= 0.6 is 0 Å². The molecular formula is C18H21F2NO3. The molecule has 1 unspecified atom stereocenters. The molecule has 0 saturated heterocycles. The van der Waals surface area contributed by atoms with Gasteiger partial charge in [0.25, 0.3) is 0 Å². The lowest BCUT2D eigenvalue weighted by atomic mass is 10.0. The highest BCUT2D eigenvalue weighted by molar-refractivity contribution is 5.52. The summed E-state index contributed by atoms with van der Waals surface area (Å²) in [5.74, 6) is 0.764. The predicted octanol–water partition coefficient (Wildman–Crippen LogP) is 4.35. The van der Waals surface area contributed by atoms with Crippen LogP contribution in [0.15, 0.2) is 42.5 Å². The number of methoxy groups -OCH3 is 1. The van der Waals surface area contributed by atoms with Crippen molar-refractivity contribution in [1.29, 1.82) is 0 Å². The van der Waals surface area contributed by atoms with Gasteiger partial charge in [0.05, 0.1) is 19.8 Å². The quantitative estimate of drug-likeness (QED) is 0.752. The number of benzene rings is 2. The summed E-state index contributed by atoms with van der Waals surface area (Å²) in [6.45, 7) is -0.917. The largest absolute Gasteiger partial charge is 0.496 e. The Balaban J connectivity index is 2.14. The zero-order valence-electron chi connectivity index (χ0n) is 13.6. The number of halogens is 2. The minimum atomic E-state index is -2.83. The van der Waals surface area contributed by atoms with E-state index in [1.165, 1.54) is 12.1 Å². The maximum atomic E-state index is 12.2. The minimum absolute atomic E-state index is 0.00513. The molecule has 2 aromatic carbocycles. The van der Waals surface area contributed by atoms with Gasteiger partial charge in [0.1, 0.15) is 11.5 Å². The number of hydrogen-bond donors (Lipinski definition) is 2. The standard InChI is InChI=1S/C18H21F2NO3/c1-3-16(12-4-7-15(8-5-12)24-18(19)20)21-14-6-9-17(23-2)13(10-14)11-22/h4-10,16,18,21-22H,3,11H2,1-2H3. The minimum Gasteiger partial charge on any atom is -0.496 e. The second kappa shape index (κ2) is 8.49. The van der Waals surface area contributed by atoms with Gasteiger partial charge in [-0.3, -0.25) is 0 Å². The van der Waals surface area contributed by atoms with Crippen LogP contribution in [0.5, 0.6) is 11.5 Å². The first-order valence-corrected chi connectivity index (χ1v) is 7.66. The average molecular weight is 337 g/mol. The van der Waals surface area contributed by atoms with Crippen LogP contribution in [0.2, 0.25) is 0 Å². The summed E-state index contributed by atoms with van der Waals surface area (Å²) >= 11 is 0. The van der Waals surface area contributed by atoms with Crippen LogP contribution < -0.4 is 14.8 Å². The van der Waals surface area contributed by atoms with E-state index in [1.54, 1.807) is 25.3 Å². The molecule has 0 radical (unpaired) electrons. The van der Waals surface area contributed by atoms with Gasteiger partial charge in [0.15, 0.2) is 0 Å². The van der Waals surface area contributed by atoms with Crippen molar-refractivity contribution >= 4 is 5.69 Å². The Kier molecular flexibility index (Phi) is 6.37. The molecular weight excluding hydrogens is 316 g/mol. The van der Waals surface area contributed by atoms with E-state index in [-0.39, 0.29) is 18.4 Å². The highest BCUT2D eigenvalue weighted by Crippen LogP contribution is 2.28. The van der Waals surface area contributed by atoms with Crippen molar-refractivity contribution in [3.8, 4) is 11.5 Å². The van der Waals surface area contributed by atoms with Crippen LogP contribution in [-0.4, -0.2) is 18.8 Å². The van der Waals surface area contributed by atoms with E-state index < -0.39 is 6.61 Å². The van der Waals surface area contributed by atoms with Crippen molar-refractivity contribution in [2.45, 2.75) is 32.6 Å². The summed E-state index contributed by atoms with van der Waals surface area (Å²) in [5, 5.41) is 12.8. The molecule has 0 fully saturated rings. The van der Waals surface area contributed by atoms with Gasteiger partial charge in [-0.2, -0.15) is 8.78 Å². The SMILES string of the molecule is CCC(Nc1ccc(OC)c(CO)c1)c1ccc(OC(F)F)cc1. The monoisotopic (exact) mass is 337 g/mol. The molecule has 4 nitrogen and oxygen atoms in total. The van der Waals surface area contributed by atoms with Crippen LogP contribution in [-0.2, 0) is 6.61 Å². The highest BCUT2D eigenvalue weighted by atomic mass is 19.3. The zero-order valence-corrected chi connectivity index (χ0v) is 13.6. The van der Waals surface area contributed by atoms with E-state index in [2.05, 4.69) is 10.1 Å². The molecule has 1 atom stereocenters. The molecule has 2 aromatic rings.